The molecule has 2 heterocycles. The Balaban J connectivity index is 1.35. The summed E-state index contributed by atoms with van der Waals surface area (Å²) in [6, 6.07) is 10.4. The molecule has 0 bridgehead atoms. The summed E-state index contributed by atoms with van der Waals surface area (Å²) >= 11 is 0. The van der Waals surface area contributed by atoms with Gasteiger partial charge in [-0.1, -0.05) is 18.6 Å². The summed E-state index contributed by atoms with van der Waals surface area (Å²) in [6.45, 7) is 2.42. The van der Waals surface area contributed by atoms with Crippen molar-refractivity contribution in [1.29, 1.82) is 0 Å². The first-order chi connectivity index (χ1) is 14.6. The Kier molecular flexibility index (Phi) is 6.28. The van der Waals surface area contributed by atoms with Crippen LogP contribution in [0, 0.1) is 5.92 Å². The summed E-state index contributed by atoms with van der Waals surface area (Å²) in [6.07, 6.45) is 8.03. The molecule has 1 saturated carbocycles. The third kappa shape index (κ3) is 4.97. The fourth-order valence-electron chi connectivity index (χ4n) is 3.67. The zero-order valence-electron chi connectivity index (χ0n) is 17.8. The van der Waals surface area contributed by atoms with Crippen molar-refractivity contribution in [3.05, 3.63) is 48.3 Å². The van der Waals surface area contributed by atoms with Crippen molar-refractivity contribution in [1.82, 2.24) is 24.8 Å². The van der Waals surface area contributed by atoms with Gasteiger partial charge in [-0.3, -0.25) is 4.79 Å². The first-order valence-electron chi connectivity index (χ1n) is 10.7. The Morgan fingerprint density at radius 1 is 1.20 bits per heavy atom. The molecule has 1 aliphatic rings. The molecule has 0 radical (unpaired) electrons. The lowest BCUT2D eigenvalue weighted by atomic mass is 9.85. The maximum Gasteiger partial charge on any atom is 0.229 e. The van der Waals surface area contributed by atoms with Crippen LogP contribution in [0.15, 0.2) is 42.7 Å². The minimum atomic E-state index is 0.212. The van der Waals surface area contributed by atoms with Gasteiger partial charge in [0, 0.05) is 49.0 Å². The van der Waals surface area contributed by atoms with E-state index in [4.69, 9.17) is 4.98 Å². The Bertz CT molecular complexity index is 991. The molecule has 1 aromatic carbocycles. The molecule has 0 unspecified atom stereocenters. The largest absolute Gasteiger partial charge is 0.356 e. The molecule has 1 amide bonds. The van der Waals surface area contributed by atoms with Crippen molar-refractivity contribution in [2.45, 2.75) is 38.8 Å². The number of hydrogen-bond donors (Lipinski definition) is 2. The van der Waals surface area contributed by atoms with Gasteiger partial charge in [-0.15, -0.1) is 0 Å². The van der Waals surface area contributed by atoms with Crippen LogP contribution in [0.1, 0.15) is 31.2 Å². The topological polar surface area (TPSA) is 75.1 Å². The van der Waals surface area contributed by atoms with Crippen molar-refractivity contribution in [3.8, 4) is 0 Å². The lowest BCUT2D eigenvalue weighted by Gasteiger charge is -2.24. The Labute approximate surface area is 177 Å². The van der Waals surface area contributed by atoms with E-state index in [1.54, 1.807) is 0 Å². The molecule has 2 aromatic heterocycles. The molecule has 7 nitrogen and oxygen atoms in total. The minimum absolute atomic E-state index is 0.212. The number of carbonyl (C=O) groups excluding carboxylic acids is 1. The van der Waals surface area contributed by atoms with E-state index < -0.39 is 0 Å². The highest BCUT2D eigenvalue weighted by Crippen LogP contribution is 2.26. The predicted molar refractivity (Wildman–Crippen MR) is 120 cm³/mol. The first kappa shape index (κ1) is 20.3. The fraction of sp³-hybridized carbons (Fsp3) is 0.435. The number of rotatable bonds is 9. The molecule has 7 heteroatoms. The van der Waals surface area contributed by atoms with Crippen LogP contribution in [-0.4, -0.2) is 46.0 Å². The highest BCUT2D eigenvalue weighted by atomic mass is 16.1. The maximum absolute atomic E-state index is 11.9. The Hall–Kier alpha value is -2.93. The third-order valence-electron chi connectivity index (χ3n) is 5.56. The van der Waals surface area contributed by atoms with Gasteiger partial charge >= 0.3 is 0 Å². The molecule has 0 atom stereocenters. The second-order valence-corrected chi connectivity index (χ2v) is 8.31. The van der Waals surface area contributed by atoms with E-state index in [0.29, 0.717) is 12.5 Å². The molecular weight excluding hydrogens is 376 g/mol. The number of aromatic nitrogens is 3. The smallest absolute Gasteiger partial charge is 0.229 e. The van der Waals surface area contributed by atoms with E-state index in [1.165, 1.54) is 12.0 Å². The van der Waals surface area contributed by atoms with Gasteiger partial charge < -0.3 is 20.1 Å². The highest BCUT2D eigenvalue weighted by Gasteiger charge is 2.24. The van der Waals surface area contributed by atoms with Crippen molar-refractivity contribution < 1.29 is 4.79 Å². The normalized spacial score (nSPS) is 14.1. The number of amides is 1. The van der Waals surface area contributed by atoms with Gasteiger partial charge in [-0.2, -0.15) is 4.98 Å². The quantitative estimate of drug-likeness (QED) is 0.532. The molecule has 3 aromatic rings. The Morgan fingerprint density at radius 3 is 2.70 bits per heavy atom. The lowest BCUT2D eigenvalue weighted by Crippen LogP contribution is -2.35. The molecule has 158 valence electrons. The summed E-state index contributed by atoms with van der Waals surface area (Å²) in [5.41, 5.74) is 3.14. The molecule has 30 heavy (non-hydrogen) atoms. The number of hydrogen-bond acceptors (Lipinski definition) is 5. The predicted octanol–water partition coefficient (Wildman–Crippen LogP) is 3.54. The summed E-state index contributed by atoms with van der Waals surface area (Å²) in [5, 5.41) is 7.36. The van der Waals surface area contributed by atoms with E-state index in [0.717, 1.165) is 49.1 Å². The van der Waals surface area contributed by atoms with Gasteiger partial charge in [-0.05, 0) is 57.1 Å². The van der Waals surface area contributed by atoms with Gasteiger partial charge in [-0.25, -0.2) is 4.98 Å². The van der Waals surface area contributed by atoms with E-state index in [2.05, 4.69) is 63.4 Å². The maximum atomic E-state index is 11.9. The molecule has 0 saturated heterocycles. The Morgan fingerprint density at radius 2 is 2.00 bits per heavy atom. The van der Waals surface area contributed by atoms with E-state index in [1.807, 2.05) is 18.5 Å². The zero-order valence-corrected chi connectivity index (χ0v) is 17.8. The van der Waals surface area contributed by atoms with Gasteiger partial charge in [0.1, 0.15) is 5.65 Å². The van der Waals surface area contributed by atoms with Gasteiger partial charge in [0.2, 0.25) is 11.9 Å². The van der Waals surface area contributed by atoms with Crippen LogP contribution in [0.2, 0.25) is 0 Å². The molecule has 1 aliphatic carbocycles. The number of nitrogens with zero attached hydrogens (tertiary/aromatic N) is 4. The lowest BCUT2D eigenvalue weighted by molar-refractivity contribution is -0.127. The average molecular weight is 407 g/mol. The highest BCUT2D eigenvalue weighted by molar-refractivity contribution is 5.79. The standard InChI is InChI=1S/C23H30N6O/c1-28(2)16-17-7-9-20(10-8-17)26-23-25-15-19-11-14-29(21(19)27-23)13-4-12-24-22(30)18-5-3-6-18/h7-11,14-15,18H,3-6,12-13,16H2,1-2H3,(H,24,30)(H,25,26,27). The molecule has 0 aliphatic heterocycles. The van der Waals surface area contributed by atoms with E-state index >= 15 is 0 Å². The summed E-state index contributed by atoms with van der Waals surface area (Å²) in [7, 11) is 4.12. The monoisotopic (exact) mass is 406 g/mol. The summed E-state index contributed by atoms with van der Waals surface area (Å²) in [4.78, 5) is 23.2. The number of fused-ring (bicyclic) bond motifs is 1. The van der Waals surface area contributed by atoms with E-state index in [9.17, 15) is 4.79 Å². The van der Waals surface area contributed by atoms with Crippen molar-refractivity contribution >= 4 is 28.6 Å². The van der Waals surface area contributed by atoms with Crippen molar-refractivity contribution in [2.24, 2.45) is 5.92 Å². The van der Waals surface area contributed by atoms with Crippen molar-refractivity contribution in [2.75, 3.05) is 26.0 Å². The summed E-state index contributed by atoms with van der Waals surface area (Å²) in [5.74, 6) is 1.04. The summed E-state index contributed by atoms with van der Waals surface area (Å²) < 4.78 is 2.12. The molecule has 0 spiro atoms. The first-order valence-corrected chi connectivity index (χ1v) is 10.7. The number of nitrogens with one attached hydrogen (secondary N) is 2. The SMILES string of the molecule is CN(C)Cc1ccc(Nc2ncc3ccn(CCCNC(=O)C4CCC4)c3n2)cc1. The van der Waals surface area contributed by atoms with Crippen LogP contribution >= 0.6 is 0 Å². The van der Waals surface area contributed by atoms with Crippen LogP contribution < -0.4 is 10.6 Å². The number of anilines is 2. The molecular formula is C23H30N6O. The van der Waals surface area contributed by atoms with Crippen LogP contribution in [0.4, 0.5) is 11.6 Å². The fourth-order valence-corrected chi connectivity index (χ4v) is 3.67. The number of benzene rings is 1. The van der Waals surface area contributed by atoms with Gasteiger partial charge in [0.15, 0.2) is 0 Å². The number of aryl methyl sites for hydroxylation is 1. The molecule has 1 fully saturated rings. The number of carbonyl (C=O) groups is 1. The third-order valence-corrected chi connectivity index (χ3v) is 5.56. The minimum Gasteiger partial charge on any atom is -0.356 e. The van der Waals surface area contributed by atoms with Crippen molar-refractivity contribution in [3.63, 3.8) is 0 Å². The second kappa shape index (κ2) is 9.26. The van der Waals surface area contributed by atoms with Crippen LogP contribution in [0.3, 0.4) is 0 Å². The van der Waals surface area contributed by atoms with Crippen LogP contribution in [0.25, 0.3) is 11.0 Å². The zero-order chi connectivity index (χ0) is 20.9. The van der Waals surface area contributed by atoms with Gasteiger partial charge in [0.05, 0.1) is 0 Å². The molecule has 2 N–H and O–H groups in total. The van der Waals surface area contributed by atoms with Crippen LogP contribution in [0.5, 0.6) is 0 Å². The van der Waals surface area contributed by atoms with E-state index in [-0.39, 0.29) is 11.8 Å². The average Bonchev–Trinajstić information content (AvgIpc) is 3.07. The van der Waals surface area contributed by atoms with Gasteiger partial charge in [0.25, 0.3) is 0 Å². The van der Waals surface area contributed by atoms with Crippen LogP contribution in [-0.2, 0) is 17.9 Å². The second-order valence-electron chi connectivity index (χ2n) is 8.31. The molecule has 4 rings (SSSR count).